The Labute approximate surface area is 97.2 Å². The van der Waals surface area contributed by atoms with Crippen molar-refractivity contribution in [1.82, 2.24) is 0 Å². The minimum atomic E-state index is -0.0382. The van der Waals surface area contributed by atoms with Crippen molar-refractivity contribution < 1.29 is 9.53 Å². The lowest BCUT2D eigenvalue weighted by Gasteiger charge is -2.16. The molecular weight excluding hydrogens is 258 g/mol. The van der Waals surface area contributed by atoms with E-state index in [-0.39, 0.29) is 10.7 Å². The number of hydrogen-bond donors (Lipinski definition) is 0. The van der Waals surface area contributed by atoms with E-state index in [0.29, 0.717) is 0 Å². The number of methoxy groups -OCH3 is 1. The van der Waals surface area contributed by atoms with Crippen LogP contribution in [-0.4, -0.2) is 24.4 Å². The van der Waals surface area contributed by atoms with Gasteiger partial charge in [-0.2, -0.15) is 0 Å². The van der Waals surface area contributed by atoms with Gasteiger partial charge in [-0.1, -0.05) is 22.0 Å². The van der Waals surface area contributed by atoms with Crippen molar-refractivity contribution in [3.63, 3.8) is 0 Å². The highest BCUT2D eigenvalue weighted by Gasteiger charge is 2.30. The van der Waals surface area contributed by atoms with Gasteiger partial charge in [-0.05, 0) is 18.6 Å². The predicted molar refractivity (Wildman–Crippen MR) is 62.7 cm³/mol. The number of anilines is 1. The van der Waals surface area contributed by atoms with Crippen LogP contribution in [0.4, 0.5) is 5.69 Å². The summed E-state index contributed by atoms with van der Waals surface area (Å²) in [5.41, 5.74) is 0.904. The minimum absolute atomic E-state index is 0.0382. The van der Waals surface area contributed by atoms with E-state index in [2.05, 4.69) is 15.9 Å². The van der Waals surface area contributed by atoms with Crippen molar-refractivity contribution in [3.8, 4) is 5.75 Å². The third-order valence-corrected chi connectivity index (χ3v) is 3.35. The van der Waals surface area contributed by atoms with Crippen LogP contribution in [0.5, 0.6) is 5.75 Å². The summed E-state index contributed by atoms with van der Waals surface area (Å²) >= 11 is 3.35. The molecule has 1 unspecified atom stereocenters. The van der Waals surface area contributed by atoms with Gasteiger partial charge in [-0.15, -0.1) is 0 Å². The van der Waals surface area contributed by atoms with Crippen LogP contribution in [0.3, 0.4) is 0 Å². The number of ether oxygens (including phenoxy) is 1. The molecule has 1 aromatic rings. The van der Waals surface area contributed by atoms with Crippen LogP contribution >= 0.6 is 15.9 Å². The molecule has 1 saturated heterocycles. The van der Waals surface area contributed by atoms with E-state index in [1.54, 1.807) is 12.0 Å². The Kier molecular flexibility index (Phi) is 2.95. The first-order valence-corrected chi connectivity index (χ1v) is 5.73. The molecule has 15 heavy (non-hydrogen) atoms. The van der Waals surface area contributed by atoms with E-state index < -0.39 is 0 Å². The molecule has 80 valence electrons. The normalized spacial score (nSPS) is 20.8. The first-order valence-electron chi connectivity index (χ1n) is 4.82. The van der Waals surface area contributed by atoms with Gasteiger partial charge in [0.1, 0.15) is 5.75 Å². The van der Waals surface area contributed by atoms with Gasteiger partial charge < -0.3 is 9.64 Å². The van der Waals surface area contributed by atoms with Gasteiger partial charge in [-0.3, -0.25) is 4.79 Å². The van der Waals surface area contributed by atoms with Crippen molar-refractivity contribution in [1.29, 1.82) is 0 Å². The van der Waals surface area contributed by atoms with E-state index in [4.69, 9.17) is 4.74 Å². The third kappa shape index (κ3) is 2.00. The lowest BCUT2D eigenvalue weighted by Crippen LogP contribution is -2.26. The molecule has 1 heterocycles. The number of amides is 1. The number of alkyl halides is 1. The SMILES string of the molecule is COc1cccc(N2CCC(Br)C2=O)c1. The van der Waals surface area contributed by atoms with Gasteiger partial charge in [0.25, 0.3) is 0 Å². The zero-order chi connectivity index (χ0) is 10.8. The molecular formula is C11H12BrNO2. The van der Waals surface area contributed by atoms with Gasteiger partial charge in [0, 0.05) is 18.3 Å². The largest absolute Gasteiger partial charge is 0.497 e. The Morgan fingerprint density at radius 1 is 1.53 bits per heavy atom. The fourth-order valence-corrected chi connectivity index (χ4v) is 2.13. The molecule has 0 aromatic heterocycles. The van der Waals surface area contributed by atoms with E-state index >= 15 is 0 Å². The predicted octanol–water partition coefficient (Wildman–Crippen LogP) is 2.20. The summed E-state index contributed by atoms with van der Waals surface area (Å²) in [4.78, 5) is 13.5. The number of benzene rings is 1. The van der Waals surface area contributed by atoms with Crippen molar-refractivity contribution in [2.24, 2.45) is 0 Å². The smallest absolute Gasteiger partial charge is 0.240 e. The Morgan fingerprint density at radius 3 is 2.93 bits per heavy atom. The fourth-order valence-electron chi connectivity index (χ4n) is 1.68. The van der Waals surface area contributed by atoms with E-state index in [1.165, 1.54) is 0 Å². The molecule has 1 aromatic carbocycles. The van der Waals surface area contributed by atoms with E-state index in [1.807, 2.05) is 24.3 Å². The van der Waals surface area contributed by atoms with Crippen molar-refractivity contribution in [3.05, 3.63) is 24.3 Å². The number of carbonyl (C=O) groups excluding carboxylic acids is 1. The lowest BCUT2D eigenvalue weighted by molar-refractivity contribution is -0.116. The summed E-state index contributed by atoms with van der Waals surface area (Å²) in [5, 5.41) is 0. The second-order valence-electron chi connectivity index (χ2n) is 3.45. The summed E-state index contributed by atoms with van der Waals surface area (Å²) < 4.78 is 5.13. The van der Waals surface area contributed by atoms with Crippen LogP contribution in [0.2, 0.25) is 0 Å². The van der Waals surface area contributed by atoms with Gasteiger partial charge >= 0.3 is 0 Å². The molecule has 3 nitrogen and oxygen atoms in total. The summed E-state index contributed by atoms with van der Waals surface area (Å²) in [5.74, 6) is 0.904. The maximum atomic E-state index is 11.7. The van der Waals surface area contributed by atoms with Gasteiger partial charge in [0.05, 0.1) is 11.9 Å². The minimum Gasteiger partial charge on any atom is -0.497 e. The zero-order valence-corrected chi connectivity index (χ0v) is 10.0. The Hall–Kier alpha value is -1.03. The van der Waals surface area contributed by atoms with Gasteiger partial charge in [0.15, 0.2) is 0 Å². The first kappa shape index (κ1) is 10.5. The molecule has 1 aliphatic rings. The topological polar surface area (TPSA) is 29.5 Å². The zero-order valence-electron chi connectivity index (χ0n) is 8.44. The number of rotatable bonds is 2. The molecule has 0 spiro atoms. The van der Waals surface area contributed by atoms with Crippen molar-refractivity contribution in [2.45, 2.75) is 11.2 Å². The molecule has 4 heteroatoms. The number of halogens is 1. The van der Waals surface area contributed by atoms with E-state index in [0.717, 1.165) is 24.4 Å². The standard InChI is InChI=1S/C11H12BrNO2/c1-15-9-4-2-3-8(7-9)13-6-5-10(12)11(13)14/h2-4,7,10H,5-6H2,1H3. The molecule has 1 atom stereocenters. The highest BCUT2D eigenvalue weighted by molar-refractivity contribution is 9.10. The maximum absolute atomic E-state index is 11.7. The molecule has 1 fully saturated rings. The van der Waals surface area contributed by atoms with Gasteiger partial charge in [0.2, 0.25) is 5.91 Å². The average molecular weight is 270 g/mol. The molecule has 0 N–H and O–H groups in total. The van der Waals surface area contributed by atoms with Crippen LogP contribution in [0.15, 0.2) is 24.3 Å². The van der Waals surface area contributed by atoms with Gasteiger partial charge in [-0.25, -0.2) is 0 Å². The lowest BCUT2D eigenvalue weighted by atomic mass is 10.3. The second kappa shape index (κ2) is 4.23. The summed E-state index contributed by atoms with van der Waals surface area (Å²) in [7, 11) is 1.62. The molecule has 0 radical (unpaired) electrons. The third-order valence-electron chi connectivity index (χ3n) is 2.51. The Morgan fingerprint density at radius 2 is 2.33 bits per heavy atom. The molecule has 1 aliphatic heterocycles. The highest BCUT2D eigenvalue weighted by atomic mass is 79.9. The van der Waals surface area contributed by atoms with Crippen LogP contribution in [-0.2, 0) is 4.79 Å². The van der Waals surface area contributed by atoms with Crippen LogP contribution in [0.1, 0.15) is 6.42 Å². The van der Waals surface area contributed by atoms with Crippen molar-refractivity contribution in [2.75, 3.05) is 18.6 Å². The van der Waals surface area contributed by atoms with Crippen LogP contribution in [0.25, 0.3) is 0 Å². The average Bonchev–Trinajstić information content (AvgIpc) is 2.60. The van der Waals surface area contributed by atoms with E-state index in [9.17, 15) is 4.79 Å². The summed E-state index contributed by atoms with van der Waals surface area (Å²) in [6.07, 6.45) is 0.857. The van der Waals surface area contributed by atoms with Crippen molar-refractivity contribution >= 4 is 27.5 Å². The monoisotopic (exact) mass is 269 g/mol. The molecule has 0 saturated carbocycles. The maximum Gasteiger partial charge on any atom is 0.240 e. The summed E-state index contributed by atoms with van der Waals surface area (Å²) in [6, 6.07) is 7.56. The summed E-state index contributed by atoms with van der Waals surface area (Å²) in [6.45, 7) is 0.766. The second-order valence-corrected chi connectivity index (χ2v) is 4.55. The number of carbonyl (C=O) groups is 1. The molecule has 0 aliphatic carbocycles. The molecule has 2 rings (SSSR count). The number of nitrogens with zero attached hydrogens (tertiary/aromatic N) is 1. The Bertz CT molecular complexity index is 381. The molecule has 0 bridgehead atoms. The van der Waals surface area contributed by atoms with Crippen LogP contribution in [0, 0.1) is 0 Å². The molecule has 1 amide bonds. The Balaban J connectivity index is 2.26. The first-order chi connectivity index (χ1) is 7.22. The highest BCUT2D eigenvalue weighted by Crippen LogP contribution is 2.27. The fraction of sp³-hybridized carbons (Fsp3) is 0.364. The number of hydrogen-bond acceptors (Lipinski definition) is 2. The van der Waals surface area contributed by atoms with Crippen LogP contribution < -0.4 is 9.64 Å². The quantitative estimate of drug-likeness (QED) is 0.771.